The molecule has 1 fully saturated rings. The van der Waals surface area contributed by atoms with Crippen molar-refractivity contribution in [3.8, 4) is 0 Å². The molecule has 0 radical (unpaired) electrons. The van der Waals surface area contributed by atoms with E-state index < -0.39 is 10.0 Å². The van der Waals surface area contributed by atoms with E-state index in [0.717, 1.165) is 50.0 Å². The molecule has 1 saturated heterocycles. The van der Waals surface area contributed by atoms with Crippen molar-refractivity contribution < 1.29 is 12.8 Å². The van der Waals surface area contributed by atoms with Gasteiger partial charge in [0.2, 0.25) is 10.0 Å². The Kier molecular flexibility index (Phi) is 6.71. The van der Waals surface area contributed by atoms with Gasteiger partial charge >= 0.3 is 0 Å². The quantitative estimate of drug-likeness (QED) is 0.381. The maximum absolute atomic E-state index is 14.0. The van der Waals surface area contributed by atoms with Crippen molar-refractivity contribution in [3.05, 3.63) is 90.8 Å². The number of pyridine rings is 2. The predicted octanol–water partition coefficient (Wildman–Crippen LogP) is 4.12. The molecule has 34 heavy (non-hydrogen) atoms. The summed E-state index contributed by atoms with van der Waals surface area (Å²) in [5.74, 6) is 0.634. The van der Waals surface area contributed by atoms with Crippen molar-refractivity contribution in [3.63, 3.8) is 0 Å². The Balaban J connectivity index is 1.36. The first-order chi connectivity index (χ1) is 16.6. The smallest absolute Gasteiger partial charge is 0.245 e. The number of benzene rings is 1. The van der Waals surface area contributed by atoms with E-state index in [-0.39, 0.29) is 17.5 Å². The Morgan fingerprint density at radius 3 is 2.53 bits per heavy atom. The number of hydrogen-bond donors (Lipinski definition) is 0. The zero-order valence-corrected chi connectivity index (χ0v) is 19.8. The summed E-state index contributed by atoms with van der Waals surface area (Å²) in [6, 6.07) is 18.5. The van der Waals surface area contributed by atoms with Crippen LogP contribution in [0.15, 0.2) is 88.6 Å². The number of para-hydroxylation sites is 1. The number of likely N-dealkylation sites (tertiary alicyclic amines) is 1. The number of fused-ring (bicyclic) bond motifs is 1. The van der Waals surface area contributed by atoms with E-state index in [1.54, 1.807) is 35.0 Å². The zero-order valence-electron chi connectivity index (χ0n) is 19.0. The molecule has 4 aromatic rings. The van der Waals surface area contributed by atoms with Crippen LogP contribution in [0.5, 0.6) is 0 Å². The van der Waals surface area contributed by atoms with E-state index in [0.29, 0.717) is 11.3 Å². The van der Waals surface area contributed by atoms with E-state index in [4.69, 9.17) is 4.42 Å². The van der Waals surface area contributed by atoms with E-state index in [1.807, 2.05) is 48.7 Å². The molecule has 0 unspecified atom stereocenters. The molecule has 0 aliphatic carbocycles. The molecular formula is C26H28N4O3S. The highest BCUT2D eigenvalue weighted by molar-refractivity contribution is 7.89. The lowest BCUT2D eigenvalue weighted by Gasteiger charge is -2.37. The second kappa shape index (κ2) is 10.0. The largest absolute Gasteiger partial charge is 0.468 e. The van der Waals surface area contributed by atoms with Gasteiger partial charge in [0.1, 0.15) is 10.7 Å². The van der Waals surface area contributed by atoms with Crippen molar-refractivity contribution in [2.75, 3.05) is 19.6 Å². The molecule has 0 N–H and O–H groups in total. The van der Waals surface area contributed by atoms with Crippen molar-refractivity contribution in [2.24, 2.45) is 0 Å². The monoisotopic (exact) mass is 476 g/mol. The summed E-state index contributed by atoms with van der Waals surface area (Å²) in [6.45, 7) is 2.81. The van der Waals surface area contributed by atoms with Crippen LogP contribution in [0, 0.1) is 0 Å². The highest BCUT2D eigenvalue weighted by Gasteiger charge is 2.35. The van der Waals surface area contributed by atoms with Crippen LogP contribution in [0.4, 0.5) is 0 Å². The summed E-state index contributed by atoms with van der Waals surface area (Å²) in [4.78, 5) is 11.4. The van der Waals surface area contributed by atoms with Crippen LogP contribution < -0.4 is 0 Å². The molecule has 0 saturated carbocycles. The molecule has 0 bridgehead atoms. The van der Waals surface area contributed by atoms with Crippen LogP contribution >= 0.6 is 0 Å². The van der Waals surface area contributed by atoms with E-state index in [9.17, 15) is 8.42 Å². The summed E-state index contributed by atoms with van der Waals surface area (Å²) in [5, 5.41) is 0.811. The molecule has 7 nitrogen and oxygen atoms in total. The van der Waals surface area contributed by atoms with E-state index >= 15 is 0 Å². The standard InChI is InChI=1S/C26H28N4O3S/c31-34(32,25-10-3-6-21-7-4-15-28-26(21)25)30(20-24-9-5-19-33-24)23-12-17-29(18-13-23)16-11-22-8-1-2-14-27-22/h1-10,14-15,19,23H,11-13,16-18,20H2. The van der Waals surface area contributed by atoms with Crippen LogP contribution in [0.1, 0.15) is 24.3 Å². The van der Waals surface area contributed by atoms with Gasteiger partial charge in [-0.15, -0.1) is 0 Å². The van der Waals surface area contributed by atoms with E-state index in [2.05, 4.69) is 14.9 Å². The number of nitrogens with zero attached hydrogens (tertiary/aromatic N) is 4. The van der Waals surface area contributed by atoms with Gasteiger partial charge in [-0.2, -0.15) is 4.31 Å². The first kappa shape index (κ1) is 22.7. The lowest BCUT2D eigenvalue weighted by Crippen LogP contribution is -2.47. The second-order valence-electron chi connectivity index (χ2n) is 8.60. The van der Waals surface area contributed by atoms with Gasteiger partial charge in [-0.1, -0.05) is 24.3 Å². The Bertz CT molecular complexity index is 1310. The molecule has 8 heteroatoms. The van der Waals surface area contributed by atoms with Crippen LogP contribution in [0.3, 0.4) is 0 Å². The lowest BCUT2D eigenvalue weighted by molar-refractivity contribution is 0.153. The number of sulfonamides is 1. The minimum absolute atomic E-state index is 0.111. The van der Waals surface area contributed by atoms with Crippen molar-refractivity contribution >= 4 is 20.9 Å². The van der Waals surface area contributed by atoms with Gasteiger partial charge in [0.15, 0.2) is 0 Å². The fourth-order valence-corrected chi connectivity index (χ4v) is 6.45. The summed E-state index contributed by atoms with van der Waals surface area (Å²) in [7, 11) is -3.79. The first-order valence-electron chi connectivity index (χ1n) is 11.6. The maximum Gasteiger partial charge on any atom is 0.245 e. The zero-order chi connectivity index (χ0) is 23.4. The van der Waals surface area contributed by atoms with Crippen molar-refractivity contribution in [1.82, 2.24) is 19.2 Å². The Morgan fingerprint density at radius 2 is 1.76 bits per heavy atom. The van der Waals surface area contributed by atoms with E-state index in [1.165, 1.54) is 0 Å². The molecule has 0 amide bonds. The fraction of sp³-hybridized carbons (Fsp3) is 0.308. The van der Waals surface area contributed by atoms with Gasteiger partial charge in [-0.3, -0.25) is 9.97 Å². The van der Waals surface area contributed by atoms with Gasteiger partial charge in [0.05, 0.1) is 18.3 Å². The van der Waals surface area contributed by atoms with Gasteiger partial charge in [-0.25, -0.2) is 8.42 Å². The Labute approximate surface area is 200 Å². The topological polar surface area (TPSA) is 79.5 Å². The van der Waals surface area contributed by atoms with Crippen LogP contribution in [-0.2, 0) is 23.0 Å². The summed E-state index contributed by atoms with van der Waals surface area (Å²) in [6.07, 6.45) is 7.46. The highest BCUT2D eigenvalue weighted by atomic mass is 32.2. The van der Waals surface area contributed by atoms with Crippen LogP contribution in [0.2, 0.25) is 0 Å². The maximum atomic E-state index is 14.0. The molecule has 0 spiro atoms. The molecule has 5 rings (SSSR count). The van der Waals surface area contributed by atoms with Crippen molar-refractivity contribution in [1.29, 1.82) is 0 Å². The molecule has 176 valence electrons. The van der Waals surface area contributed by atoms with Gasteiger partial charge < -0.3 is 9.32 Å². The molecule has 1 aromatic carbocycles. The average molecular weight is 477 g/mol. The van der Waals surface area contributed by atoms with Crippen LogP contribution in [0.25, 0.3) is 10.9 Å². The number of aromatic nitrogens is 2. The molecular weight excluding hydrogens is 448 g/mol. The molecule has 1 aliphatic heterocycles. The average Bonchev–Trinajstić information content (AvgIpc) is 3.40. The third kappa shape index (κ3) is 4.89. The second-order valence-corrected chi connectivity index (χ2v) is 10.5. The molecule has 1 aliphatic rings. The van der Waals surface area contributed by atoms with Gasteiger partial charge in [-0.05, 0) is 62.3 Å². The first-order valence-corrected chi connectivity index (χ1v) is 13.1. The Morgan fingerprint density at radius 1 is 0.941 bits per heavy atom. The SMILES string of the molecule is O=S(=O)(c1cccc2cccnc12)N(Cc1ccco1)C1CCN(CCc2ccccn2)CC1. The van der Waals surface area contributed by atoms with Gasteiger partial charge in [0, 0.05) is 42.5 Å². The third-order valence-electron chi connectivity index (χ3n) is 6.45. The summed E-state index contributed by atoms with van der Waals surface area (Å²) >= 11 is 0. The number of furan rings is 1. The lowest BCUT2D eigenvalue weighted by atomic mass is 10.0. The number of piperidine rings is 1. The fourth-order valence-electron chi connectivity index (χ4n) is 4.63. The minimum atomic E-state index is -3.79. The number of rotatable bonds is 8. The molecule has 4 heterocycles. The van der Waals surface area contributed by atoms with Crippen molar-refractivity contribution in [2.45, 2.75) is 36.7 Å². The minimum Gasteiger partial charge on any atom is -0.468 e. The van der Waals surface area contributed by atoms with Crippen LogP contribution in [-0.4, -0.2) is 53.3 Å². The van der Waals surface area contributed by atoms with Gasteiger partial charge in [0.25, 0.3) is 0 Å². The molecule has 0 atom stereocenters. The summed E-state index contributed by atoms with van der Waals surface area (Å²) < 4.78 is 35.1. The molecule has 3 aromatic heterocycles. The number of hydrogen-bond acceptors (Lipinski definition) is 6. The highest BCUT2D eigenvalue weighted by Crippen LogP contribution is 2.30. The normalized spacial score (nSPS) is 15.8. The summed E-state index contributed by atoms with van der Waals surface area (Å²) in [5.41, 5.74) is 1.58. The third-order valence-corrected chi connectivity index (χ3v) is 8.38. The Hall–Kier alpha value is -3.07. The predicted molar refractivity (Wildman–Crippen MR) is 131 cm³/mol.